The second kappa shape index (κ2) is 3.81. The number of H-pyrrole nitrogens is 1. The molecule has 0 spiro atoms. The fraction of sp³-hybridized carbons (Fsp3) is 0.308. The van der Waals surface area contributed by atoms with Gasteiger partial charge in [0.25, 0.3) is 0 Å². The molecule has 4 rings (SSSR count). The highest BCUT2D eigenvalue weighted by molar-refractivity contribution is 5.68. The van der Waals surface area contributed by atoms with Gasteiger partial charge in [0.2, 0.25) is 5.65 Å². The monoisotopic (exact) mass is 256 g/mol. The third kappa shape index (κ3) is 1.53. The Morgan fingerprint density at radius 3 is 3.11 bits per heavy atom. The predicted octanol–water partition coefficient (Wildman–Crippen LogP) is 1.58. The van der Waals surface area contributed by atoms with Crippen LogP contribution < -0.4 is 5.69 Å². The molecule has 0 atom stereocenters. The van der Waals surface area contributed by atoms with Gasteiger partial charge in [-0.3, -0.25) is 0 Å². The molecule has 96 valence electrons. The second-order valence-corrected chi connectivity index (χ2v) is 4.72. The molecule has 3 aromatic rings. The minimum absolute atomic E-state index is 0.182. The highest BCUT2D eigenvalue weighted by atomic mass is 16.4. The number of imidazole rings is 1. The first-order valence-corrected chi connectivity index (χ1v) is 6.37. The molecule has 3 heterocycles. The molecule has 6 nitrogen and oxygen atoms in total. The number of aromatic nitrogens is 4. The summed E-state index contributed by atoms with van der Waals surface area (Å²) in [5, 5.41) is 0. The van der Waals surface area contributed by atoms with Gasteiger partial charge in [0.05, 0.1) is 5.69 Å². The lowest BCUT2D eigenvalue weighted by Crippen LogP contribution is -2.17. The van der Waals surface area contributed by atoms with Crippen LogP contribution in [0.3, 0.4) is 0 Å². The van der Waals surface area contributed by atoms with E-state index in [0.717, 1.165) is 37.1 Å². The van der Waals surface area contributed by atoms with Crippen molar-refractivity contribution in [1.29, 1.82) is 0 Å². The van der Waals surface area contributed by atoms with Crippen molar-refractivity contribution in [3.63, 3.8) is 0 Å². The van der Waals surface area contributed by atoms with E-state index in [2.05, 4.69) is 15.0 Å². The molecule has 0 unspecified atom stereocenters. The fourth-order valence-corrected chi connectivity index (χ4v) is 2.63. The number of aromatic amines is 1. The van der Waals surface area contributed by atoms with Gasteiger partial charge in [-0.2, -0.15) is 4.98 Å². The standard InChI is InChI=1S/C13H12N4O2/c18-12-15-8-4-1-2-5-9(8)17(12)13-16-11-10(19-13)6-3-7-14-11/h3,6-7H,1-2,4-5H2,(H,15,18). The van der Waals surface area contributed by atoms with Crippen molar-refractivity contribution in [2.45, 2.75) is 25.7 Å². The summed E-state index contributed by atoms with van der Waals surface area (Å²) in [5.41, 5.74) is 2.93. The molecule has 19 heavy (non-hydrogen) atoms. The Morgan fingerprint density at radius 1 is 1.32 bits per heavy atom. The van der Waals surface area contributed by atoms with E-state index in [-0.39, 0.29) is 5.69 Å². The van der Waals surface area contributed by atoms with E-state index in [1.54, 1.807) is 18.3 Å². The number of fused-ring (bicyclic) bond motifs is 2. The first kappa shape index (κ1) is 10.5. The Bertz CT molecular complexity index is 779. The number of pyridine rings is 1. The highest BCUT2D eigenvalue weighted by Gasteiger charge is 2.21. The maximum Gasteiger partial charge on any atom is 0.334 e. The lowest BCUT2D eigenvalue weighted by atomic mass is 10.0. The van der Waals surface area contributed by atoms with Crippen molar-refractivity contribution in [1.82, 2.24) is 19.5 Å². The number of oxazole rings is 1. The van der Waals surface area contributed by atoms with Crippen LogP contribution >= 0.6 is 0 Å². The van der Waals surface area contributed by atoms with Crippen LogP contribution in [0, 0.1) is 0 Å². The van der Waals surface area contributed by atoms with Gasteiger partial charge in [-0.05, 0) is 37.8 Å². The zero-order chi connectivity index (χ0) is 12.8. The summed E-state index contributed by atoms with van der Waals surface area (Å²) in [6, 6.07) is 3.88. The number of rotatable bonds is 1. The van der Waals surface area contributed by atoms with Gasteiger partial charge in [-0.25, -0.2) is 14.3 Å². The van der Waals surface area contributed by atoms with Crippen molar-refractivity contribution in [3.05, 3.63) is 40.2 Å². The van der Waals surface area contributed by atoms with E-state index < -0.39 is 0 Å². The van der Waals surface area contributed by atoms with Crippen molar-refractivity contribution in [3.8, 4) is 6.01 Å². The van der Waals surface area contributed by atoms with Gasteiger partial charge >= 0.3 is 11.7 Å². The number of nitrogens with zero attached hydrogens (tertiary/aromatic N) is 3. The molecule has 1 aliphatic carbocycles. The highest BCUT2D eigenvalue weighted by Crippen LogP contribution is 2.22. The Labute approximate surface area is 108 Å². The Morgan fingerprint density at radius 2 is 2.21 bits per heavy atom. The molecule has 3 aromatic heterocycles. The first-order chi connectivity index (χ1) is 9.33. The van der Waals surface area contributed by atoms with Crippen LogP contribution in [0.5, 0.6) is 0 Å². The second-order valence-electron chi connectivity index (χ2n) is 4.72. The molecule has 0 saturated carbocycles. The van der Waals surface area contributed by atoms with E-state index in [1.165, 1.54) is 4.57 Å². The van der Waals surface area contributed by atoms with Gasteiger partial charge in [0.15, 0.2) is 5.58 Å². The fourth-order valence-electron chi connectivity index (χ4n) is 2.63. The van der Waals surface area contributed by atoms with Gasteiger partial charge in [0.1, 0.15) is 0 Å². The van der Waals surface area contributed by atoms with Crippen LogP contribution in [0.15, 0.2) is 27.5 Å². The number of nitrogens with one attached hydrogen (secondary N) is 1. The van der Waals surface area contributed by atoms with Crippen molar-refractivity contribution < 1.29 is 4.42 Å². The third-order valence-electron chi connectivity index (χ3n) is 3.51. The lowest BCUT2D eigenvalue weighted by Gasteiger charge is -2.11. The molecule has 1 N–H and O–H groups in total. The average molecular weight is 256 g/mol. The molecule has 1 aliphatic rings. The van der Waals surface area contributed by atoms with Crippen molar-refractivity contribution in [2.24, 2.45) is 0 Å². The summed E-state index contributed by atoms with van der Waals surface area (Å²) >= 11 is 0. The summed E-state index contributed by atoms with van der Waals surface area (Å²) in [7, 11) is 0. The topological polar surface area (TPSA) is 76.7 Å². The van der Waals surface area contributed by atoms with Crippen LogP contribution in [0.2, 0.25) is 0 Å². The van der Waals surface area contributed by atoms with Gasteiger partial charge < -0.3 is 9.40 Å². The van der Waals surface area contributed by atoms with Gasteiger partial charge in [-0.1, -0.05) is 0 Å². The molecule has 0 aliphatic heterocycles. The van der Waals surface area contributed by atoms with E-state index in [4.69, 9.17) is 4.42 Å². The average Bonchev–Trinajstić information content (AvgIpc) is 2.97. The smallest absolute Gasteiger partial charge is 0.334 e. The number of hydrogen-bond acceptors (Lipinski definition) is 4. The summed E-state index contributed by atoms with van der Waals surface area (Å²) in [5.74, 6) is 0. The lowest BCUT2D eigenvalue weighted by molar-refractivity contribution is 0.544. The molecule has 0 saturated heterocycles. The summed E-state index contributed by atoms with van der Waals surface area (Å²) in [6.45, 7) is 0. The Kier molecular flexibility index (Phi) is 2.11. The number of aryl methyl sites for hydroxylation is 1. The first-order valence-electron chi connectivity index (χ1n) is 6.37. The molecule has 0 amide bonds. The zero-order valence-corrected chi connectivity index (χ0v) is 10.2. The van der Waals surface area contributed by atoms with Crippen LogP contribution in [0.4, 0.5) is 0 Å². The van der Waals surface area contributed by atoms with Crippen LogP contribution in [-0.4, -0.2) is 19.5 Å². The molecule has 0 fully saturated rings. The SMILES string of the molecule is O=c1[nH]c2c(n1-c1nc3ncccc3o1)CCCC2. The third-order valence-corrected chi connectivity index (χ3v) is 3.51. The molecule has 0 radical (unpaired) electrons. The van der Waals surface area contributed by atoms with Gasteiger partial charge in [-0.15, -0.1) is 0 Å². The molecule has 0 aromatic carbocycles. The maximum absolute atomic E-state index is 12.1. The van der Waals surface area contributed by atoms with E-state index >= 15 is 0 Å². The summed E-state index contributed by atoms with van der Waals surface area (Å²) < 4.78 is 7.17. The molecular weight excluding hydrogens is 244 g/mol. The normalized spacial score (nSPS) is 14.7. The maximum atomic E-state index is 12.1. The van der Waals surface area contributed by atoms with E-state index in [1.807, 2.05) is 0 Å². The van der Waals surface area contributed by atoms with Crippen LogP contribution in [0.1, 0.15) is 24.2 Å². The minimum Gasteiger partial charge on any atom is -0.421 e. The zero-order valence-electron chi connectivity index (χ0n) is 10.2. The quantitative estimate of drug-likeness (QED) is 0.717. The minimum atomic E-state index is -0.182. The molecule has 0 bridgehead atoms. The van der Waals surface area contributed by atoms with Crippen molar-refractivity contribution >= 4 is 11.2 Å². The summed E-state index contributed by atoms with van der Waals surface area (Å²) in [4.78, 5) is 23.4. The van der Waals surface area contributed by atoms with E-state index in [9.17, 15) is 4.79 Å². The van der Waals surface area contributed by atoms with Crippen LogP contribution in [0.25, 0.3) is 17.2 Å². The predicted molar refractivity (Wildman–Crippen MR) is 68.4 cm³/mol. The molecule has 6 heteroatoms. The van der Waals surface area contributed by atoms with E-state index in [0.29, 0.717) is 17.2 Å². The number of hydrogen-bond donors (Lipinski definition) is 1. The molecular formula is C13H12N4O2. The van der Waals surface area contributed by atoms with Crippen LogP contribution in [-0.2, 0) is 12.8 Å². The summed E-state index contributed by atoms with van der Waals surface area (Å²) in [6.07, 6.45) is 5.64. The Hall–Kier alpha value is -2.37. The Balaban J connectivity index is 1.96. The van der Waals surface area contributed by atoms with Crippen molar-refractivity contribution in [2.75, 3.05) is 0 Å². The largest absolute Gasteiger partial charge is 0.421 e. The van der Waals surface area contributed by atoms with Gasteiger partial charge in [0, 0.05) is 11.9 Å².